The van der Waals surface area contributed by atoms with E-state index in [1.54, 1.807) is 0 Å². The first-order valence-corrected chi connectivity index (χ1v) is 12.7. The van der Waals surface area contributed by atoms with Crippen LogP contribution in [0.2, 0.25) is 5.02 Å². The molecule has 5 rings (SSSR count). The highest BCUT2D eigenvalue weighted by atomic mass is 35.5. The minimum atomic E-state index is -0.0610. The summed E-state index contributed by atoms with van der Waals surface area (Å²) in [6, 6.07) is 34.6. The van der Waals surface area contributed by atoms with Crippen LogP contribution in [0.15, 0.2) is 103 Å². The first-order chi connectivity index (χ1) is 17.6. The van der Waals surface area contributed by atoms with Crippen LogP contribution in [0.5, 0.6) is 0 Å². The molecule has 0 radical (unpaired) electrons. The van der Waals surface area contributed by atoms with Gasteiger partial charge >= 0.3 is 6.03 Å². The summed E-state index contributed by atoms with van der Waals surface area (Å²) in [6.07, 6.45) is 0. The maximum Gasteiger partial charge on any atom is 0.322 e. The lowest BCUT2D eigenvalue weighted by Gasteiger charge is -2.41. The topological polar surface area (TPSA) is 35.6 Å². The lowest BCUT2D eigenvalue weighted by molar-refractivity contribution is 0.0959. The molecule has 1 fully saturated rings. The molecule has 0 saturated carbocycles. The van der Waals surface area contributed by atoms with E-state index in [9.17, 15) is 4.79 Å². The van der Waals surface area contributed by atoms with E-state index in [0.29, 0.717) is 6.54 Å². The second kappa shape index (κ2) is 11.0. The van der Waals surface area contributed by atoms with Crippen molar-refractivity contribution in [3.05, 3.63) is 125 Å². The molecule has 5 heteroatoms. The first-order valence-electron chi connectivity index (χ1n) is 12.3. The summed E-state index contributed by atoms with van der Waals surface area (Å²) in [5, 5.41) is 3.83. The number of hydrogen-bond acceptors (Lipinski definition) is 2. The first kappa shape index (κ1) is 24.1. The zero-order chi connectivity index (χ0) is 24.9. The maximum absolute atomic E-state index is 13.2. The number of rotatable bonds is 5. The monoisotopic (exact) mass is 495 g/mol. The van der Waals surface area contributed by atoms with E-state index in [-0.39, 0.29) is 12.1 Å². The van der Waals surface area contributed by atoms with E-state index in [2.05, 4.69) is 59.6 Å². The van der Waals surface area contributed by atoms with E-state index in [1.165, 1.54) is 11.1 Å². The van der Waals surface area contributed by atoms with E-state index < -0.39 is 0 Å². The van der Waals surface area contributed by atoms with E-state index in [1.807, 2.05) is 65.6 Å². The minimum Gasteiger partial charge on any atom is -0.315 e. The molecule has 36 heavy (non-hydrogen) atoms. The number of carbonyl (C=O) groups excluding carboxylic acids is 1. The van der Waals surface area contributed by atoms with Gasteiger partial charge in [0.15, 0.2) is 0 Å². The zero-order valence-electron chi connectivity index (χ0n) is 20.4. The van der Waals surface area contributed by atoms with Crippen molar-refractivity contribution in [2.45, 2.75) is 19.5 Å². The number of aryl methyl sites for hydroxylation is 1. The Morgan fingerprint density at radius 2 is 1.58 bits per heavy atom. The van der Waals surface area contributed by atoms with Crippen molar-refractivity contribution in [3.8, 4) is 11.1 Å². The number of amides is 2. The number of benzene rings is 4. The number of urea groups is 1. The molecule has 182 valence electrons. The molecule has 1 aliphatic rings. The fourth-order valence-electron chi connectivity index (χ4n) is 4.81. The molecule has 1 atom stereocenters. The minimum absolute atomic E-state index is 0.0194. The third-order valence-corrected chi connectivity index (χ3v) is 7.06. The van der Waals surface area contributed by atoms with Gasteiger partial charge in [-0.15, -0.1) is 0 Å². The van der Waals surface area contributed by atoms with E-state index in [0.717, 1.165) is 47.0 Å². The predicted molar refractivity (Wildman–Crippen MR) is 148 cm³/mol. The van der Waals surface area contributed by atoms with Crippen molar-refractivity contribution in [1.29, 1.82) is 0 Å². The Kier molecular flexibility index (Phi) is 7.36. The summed E-state index contributed by atoms with van der Waals surface area (Å²) in [4.78, 5) is 17.6. The van der Waals surface area contributed by atoms with Crippen LogP contribution >= 0.6 is 11.6 Å². The fourth-order valence-corrected chi connectivity index (χ4v) is 5.04. The van der Waals surface area contributed by atoms with Gasteiger partial charge in [0.25, 0.3) is 0 Å². The molecule has 1 aliphatic heterocycles. The van der Waals surface area contributed by atoms with Crippen molar-refractivity contribution >= 4 is 23.3 Å². The summed E-state index contributed by atoms with van der Waals surface area (Å²) in [6.45, 7) is 5.17. The van der Waals surface area contributed by atoms with Crippen molar-refractivity contribution in [2.24, 2.45) is 0 Å². The number of halogens is 1. The lowest BCUT2D eigenvalue weighted by atomic mass is 10.0. The molecule has 0 aliphatic carbocycles. The number of carbonyl (C=O) groups is 1. The Labute approximate surface area is 218 Å². The average molecular weight is 496 g/mol. The Bertz CT molecular complexity index is 1310. The Balaban J connectivity index is 1.30. The summed E-state index contributed by atoms with van der Waals surface area (Å²) in [5.41, 5.74) is 6.58. The normalized spacial score (nSPS) is 16.1. The van der Waals surface area contributed by atoms with Gasteiger partial charge in [0, 0.05) is 42.5 Å². The molecule has 4 nitrogen and oxygen atoms in total. The van der Waals surface area contributed by atoms with Crippen LogP contribution in [0.25, 0.3) is 11.1 Å². The predicted octanol–water partition coefficient (Wildman–Crippen LogP) is 7.41. The van der Waals surface area contributed by atoms with Crippen LogP contribution in [0.3, 0.4) is 0 Å². The molecule has 4 aromatic carbocycles. The highest BCUT2D eigenvalue weighted by Crippen LogP contribution is 2.30. The third-order valence-electron chi connectivity index (χ3n) is 6.73. The van der Waals surface area contributed by atoms with Crippen LogP contribution in [0.4, 0.5) is 10.5 Å². The van der Waals surface area contributed by atoms with Gasteiger partial charge in [0.2, 0.25) is 0 Å². The number of para-hydroxylation sites is 1. The quantitative estimate of drug-likeness (QED) is 0.313. The van der Waals surface area contributed by atoms with Crippen LogP contribution in [-0.2, 0) is 6.54 Å². The average Bonchev–Trinajstić information content (AvgIpc) is 2.91. The molecular formula is C31H30ClN3O. The Morgan fingerprint density at radius 3 is 2.31 bits per heavy atom. The van der Waals surface area contributed by atoms with E-state index >= 15 is 0 Å². The molecule has 1 N–H and O–H groups in total. The van der Waals surface area contributed by atoms with Gasteiger partial charge in [-0.05, 0) is 47.9 Å². The van der Waals surface area contributed by atoms with Gasteiger partial charge in [-0.2, -0.15) is 0 Å². The molecular weight excluding hydrogens is 466 g/mol. The molecule has 0 aromatic heterocycles. The molecule has 0 bridgehead atoms. The van der Waals surface area contributed by atoms with Gasteiger partial charge < -0.3 is 10.2 Å². The number of nitrogens with zero attached hydrogens (tertiary/aromatic N) is 2. The van der Waals surface area contributed by atoms with Crippen molar-refractivity contribution < 1.29 is 4.79 Å². The molecule has 1 heterocycles. The second-order valence-electron chi connectivity index (χ2n) is 9.33. The van der Waals surface area contributed by atoms with Crippen LogP contribution < -0.4 is 5.32 Å². The molecule has 4 aromatic rings. The Morgan fingerprint density at radius 1 is 0.889 bits per heavy atom. The van der Waals surface area contributed by atoms with Gasteiger partial charge in [-0.1, -0.05) is 96.0 Å². The van der Waals surface area contributed by atoms with Gasteiger partial charge in [0.05, 0.1) is 6.04 Å². The molecule has 1 saturated heterocycles. The van der Waals surface area contributed by atoms with Crippen molar-refractivity contribution in [1.82, 2.24) is 9.80 Å². The standard InChI is InChI=1S/C31H30ClN3O/c1-23-12-17-29(32)28(20-23)25-15-13-24(14-16-25)21-34-18-19-35(30(22-34)26-8-4-2-5-9-26)31(36)33-27-10-6-3-7-11-27/h2-17,20,30H,18-19,21-22H2,1H3,(H,33,36). The van der Waals surface area contributed by atoms with E-state index in [4.69, 9.17) is 11.6 Å². The maximum atomic E-state index is 13.2. The third kappa shape index (κ3) is 5.62. The smallest absolute Gasteiger partial charge is 0.315 e. The number of hydrogen-bond donors (Lipinski definition) is 1. The van der Waals surface area contributed by atoms with Gasteiger partial charge in [0.1, 0.15) is 0 Å². The molecule has 2 amide bonds. The molecule has 1 unspecified atom stereocenters. The summed E-state index contributed by atoms with van der Waals surface area (Å²) >= 11 is 6.45. The van der Waals surface area contributed by atoms with Crippen LogP contribution in [0.1, 0.15) is 22.7 Å². The number of piperazine rings is 1. The SMILES string of the molecule is Cc1ccc(Cl)c(-c2ccc(CN3CCN(C(=O)Nc4ccccc4)C(c4ccccc4)C3)cc2)c1. The highest BCUT2D eigenvalue weighted by Gasteiger charge is 2.31. The highest BCUT2D eigenvalue weighted by molar-refractivity contribution is 6.33. The van der Waals surface area contributed by atoms with Crippen molar-refractivity contribution in [2.75, 3.05) is 25.0 Å². The van der Waals surface area contributed by atoms with Crippen molar-refractivity contribution in [3.63, 3.8) is 0 Å². The largest absolute Gasteiger partial charge is 0.322 e. The summed E-state index contributed by atoms with van der Waals surface area (Å²) < 4.78 is 0. The second-order valence-corrected chi connectivity index (χ2v) is 9.74. The Hall–Kier alpha value is -3.60. The van der Waals surface area contributed by atoms with Gasteiger partial charge in [-0.3, -0.25) is 4.90 Å². The van der Waals surface area contributed by atoms with Crippen LogP contribution in [0, 0.1) is 6.92 Å². The fraction of sp³-hybridized carbons (Fsp3) is 0.194. The van der Waals surface area contributed by atoms with Crippen LogP contribution in [-0.4, -0.2) is 35.5 Å². The molecule has 0 spiro atoms. The summed E-state index contributed by atoms with van der Waals surface area (Å²) in [7, 11) is 0. The summed E-state index contributed by atoms with van der Waals surface area (Å²) in [5.74, 6) is 0. The number of nitrogens with one attached hydrogen (secondary N) is 1. The number of anilines is 1. The van der Waals surface area contributed by atoms with Gasteiger partial charge in [-0.25, -0.2) is 4.79 Å². The lowest BCUT2D eigenvalue weighted by Crippen LogP contribution is -2.51. The zero-order valence-corrected chi connectivity index (χ0v) is 21.2.